The van der Waals surface area contributed by atoms with Gasteiger partial charge in [0.25, 0.3) is 0 Å². The zero-order valence-corrected chi connectivity index (χ0v) is 15.3. The predicted octanol–water partition coefficient (Wildman–Crippen LogP) is 5.98. The molecule has 0 aromatic heterocycles. The molecule has 0 aliphatic heterocycles. The molecule has 128 valence electrons. The average Bonchev–Trinajstić information content (AvgIpc) is 3.45. The third-order valence-corrected chi connectivity index (χ3v) is 5.26. The molecule has 3 aromatic rings. The van der Waals surface area contributed by atoms with Gasteiger partial charge in [-0.25, -0.2) is 0 Å². The van der Waals surface area contributed by atoms with Crippen LogP contribution in [-0.4, -0.2) is 6.04 Å². The molecule has 0 amide bonds. The Morgan fingerprint density at radius 3 is 2.60 bits per heavy atom. The van der Waals surface area contributed by atoms with Crippen LogP contribution in [0, 0.1) is 0 Å². The fourth-order valence-corrected chi connectivity index (χ4v) is 3.28. The second-order valence-electron chi connectivity index (χ2n) is 6.46. The minimum absolute atomic E-state index is 0.464. The smallest absolute Gasteiger partial charge is 0.124 e. The molecule has 0 atom stereocenters. The van der Waals surface area contributed by atoms with E-state index in [1.807, 2.05) is 12.1 Å². The van der Waals surface area contributed by atoms with Gasteiger partial charge in [0.15, 0.2) is 0 Å². The topological polar surface area (TPSA) is 21.3 Å². The fraction of sp³-hybridized carbons (Fsp3) is 0.238. The van der Waals surface area contributed by atoms with E-state index in [1.165, 1.54) is 29.2 Å². The maximum Gasteiger partial charge on any atom is 0.124 e. The Labute approximate surface area is 157 Å². The molecule has 1 saturated carbocycles. The van der Waals surface area contributed by atoms with Crippen LogP contribution in [0.4, 0.5) is 0 Å². The highest BCUT2D eigenvalue weighted by atomic mass is 35.5. The van der Waals surface area contributed by atoms with Crippen LogP contribution < -0.4 is 10.1 Å². The molecule has 1 aliphatic rings. The molecule has 25 heavy (non-hydrogen) atoms. The van der Waals surface area contributed by atoms with Gasteiger partial charge in [0, 0.05) is 18.2 Å². The van der Waals surface area contributed by atoms with Gasteiger partial charge in [-0.05, 0) is 47.4 Å². The largest absolute Gasteiger partial charge is 0.489 e. The van der Waals surface area contributed by atoms with E-state index in [0.29, 0.717) is 22.7 Å². The third kappa shape index (κ3) is 3.92. The van der Waals surface area contributed by atoms with Crippen molar-refractivity contribution in [2.24, 2.45) is 0 Å². The van der Waals surface area contributed by atoms with Gasteiger partial charge in [0.2, 0.25) is 0 Å². The van der Waals surface area contributed by atoms with Crippen molar-refractivity contribution in [3.8, 4) is 5.75 Å². The molecule has 4 rings (SSSR count). The fourth-order valence-electron chi connectivity index (χ4n) is 2.96. The quantitative estimate of drug-likeness (QED) is 0.575. The van der Waals surface area contributed by atoms with Gasteiger partial charge in [-0.2, -0.15) is 0 Å². The predicted molar refractivity (Wildman–Crippen MR) is 105 cm³/mol. The van der Waals surface area contributed by atoms with Crippen LogP contribution in [-0.2, 0) is 13.2 Å². The number of hydrogen-bond donors (Lipinski definition) is 1. The van der Waals surface area contributed by atoms with Crippen LogP contribution in [0.2, 0.25) is 10.0 Å². The molecular formula is C21H19Cl2NO. The standard InChI is InChI=1S/C21H19Cl2NO/c22-19-9-5-14(11-20(19)23)13-25-21-10-6-15-3-1-2-4-17(15)18(21)12-24-16-7-8-16/h1-6,9-11,16,24H,7-8,12-13H2. The molecular weight excluding hydrogens is 353 g/mol. The van der Waals surface area contributed by atoms with Gasteiger partial charge in [-0.15, -0.1) is 0 Å². The van der Waals surface area contributed by atoms with Crippen LogP contribution >= 0.6 is 23.2 Å². The average molecular weight is 372 g/mol. The highest BCUT2D eigenvalue weighted by Gasteiger charge is 2.21. The van der Waals surface area contributed by atoms with Crippen molar-refractivity contribution in [2.75, 3.05) is 0 Å². The monoisotopic (exact) mass is 371 g/mol. The van der Waals surface area contributed by atoms with E-state index in [9.17, 15) is 0 Å². The van der Waals surface area contributed by atoms with Crippen molar-refractivity contribution < 1.29 is 4.74 Å². The SMILES string of the molecule is Clc1ccc(COc2ccc3ccccc3c2CNC2CC2)cc1Cl. The number of halogens is 2. The van der Waals surface area contributed by atoms with E-state index in [1.54, 1.807) is 6.07 Å². The van der Waals surface area contributed by atoms with Gasteiger partial charge < -0.3 is 10.1 Å². The number of ether oxygens (including phenoxy) is 1. The molecule has 0 saturated heterocycles. The number of hydrogen-bond acceptors (Lipinski definition) is 2. The molecule has 0 radical (unpaired) electrons. The lowest BCUT2D eigenvalue weighted by Crippen LogP contribution is -2.16. The van der Waals surface area contributed by atoms with Crippen LogP contribution in [0.5, 0.6) is 5.75 Å². The zero-order valence-electron chi connectivity index (χ0n) is 13.8. The van der Waals surface area contributed by atoms with Gasteiger partial charge in [-0.3, -0.25) is 0 Å². The van der Waals surface area contributed by atoms with Crippen molar-refractivity contribution in [1.82, 2.24) is 5.32 Å². The van der Waals surface area contributed by atoms with Crippen molar-refractivity contribution in [3.05, 3.63) is 75.8 Å². The highest BCUT2D eigenvalue weighted by Crippen LogP contribution is 2.30. The molecule has 1 aliphatic carbocycles. The number of nitrogens with one attached hydrogen (secondary N) is 1. The summed E-state index contributed by atoms with van der Waals surface area (Å²) in [6.45, 7) is 1.29. The Balaban J connectivity index is 1.60. The summed E-state index contributed by atoms with van der Waals surface area (Å²) in [6, 6.07) is 18.9. The molecule has 2 nitrogen and oxygen atoms in total. The summed E-state index contributed by atoms with van der Waals surface area (Å²) in [5.74, 6) is 0.915. The second kappa shape index (κ2) is 7.25. The van der Waals surface area contributed by atoms with Crippen molar-refractivity contribution in [2.45, 2.75) is 32.0 Å². The summed E-state index contributed by atoms with van der Waals surface area (Å²) < 4.78 is 6.14. The number of benzene rings is 3. The lowest BCUT2D eigenvalue weighted by Gasteiger charge is -2.15. The van der Waals surface area contributed by atoms with Gasteiger partial charge >= 0.3 is 0 Å². The van der Waals surface area contributed by atoms with Crippen LogP contribution in [0.1, 0.15) is 24.0 Å². The summed E-state index contributed by atoms with van der Waals surface area (Å²) in [6.07, 6.45) is 2.54. The van der Waals surface area contributed by atoms with Crippen LogP contribution in [0.3, 0.4) is 0 Å². The van der Waals surface area contributed by atoms with E-state index < -0.39 is 0 Å². The maximum absolute atomic E-state index is 6.14. The Bertz CT molecular complexity index is 906. The van der Waals surface area contributed by atoms with Crippen LogP contribution in [0.15, 0.2) is 54.6 Å². The molecule has 4 heteroatoms. The molecule has 0 heterocycles. The van der Waals surface area contributed by atoms with E-state index in [-0.39, 0.29) is 0 Å². The lowest BCUT2D eigenvalue weighted by atomic mass is 10.0. The molecule has 0 bridgehead atoms. The third-order valence-electron chi connectivity index (χ3n) is 4.52. The van der Waals surface area contributed by atoms with Gasteiger partial charge in [0.1, 0.15) is 12.4 Å². The first-order valence-electron chi connectivity index (χ1n) is 8.51. The minimum Gasteiger partial charge on any atom is -0.489 e. The second-order valence-corrected chi connectivity index (χ2v) is 7.27. The highest BCUT2D eigenvalue weighted by molar-refractivity contribution is 6.42. The normalized spacial score (nSPS) is 14.0. The van der Waals surface area contributed by atoms with E-state index in [2.05, 4.69) is 41.7 Å². The molecule has 1 N–H and O–H groups in total. The Kier molecular flexibility index (Phi) is 4.85. The summed E-state index contributed by atoms with van der Waals surface area (Å²) in [5.41, 5.74) is 2.22. The van der Waals surface area contributed by atoms with Crippen LogP contribution in [0.25, 0.3) is 10.8 Å². The van der Waals surface area contributed by atoms with E-state index in [4.69, 9.17) is 27.9 Å². The summed E-state index contributed by atoms with van der Waals surface area (Å²) in [7, 11) is 0. The molecule has 0 spiro atoms. The van der Waals surface area contributed by atoms with Crippen molar-refractivity contribution in [1.29, 1.82) is 0 Å². The maximum atomic E-state index is 6.14. The molecule has 0 unspecified atom stereocenters. The van der Waals surface area contributed by atoms with E-state index in [0.717, 1.165) is 17.9 Å². The van der Waals surface area contributed by atoms with E-state index >= 15 is 0 Å². The van der Waals surface area contributed by atoms with Crippen molar-refractivity contribution in [3.63, 3.8) is 0 Å². The lowest BCUT2D eigenvalue weighted by molar-refractivity contribution is 0.302. The molecule has 1 fully saturated rings. The Morgan fingerprint density at radius 2 is 1.80 bits per heavy atom. The number of fused-ring (bicyclic) bond motifs is 1. The Hall–Kier alpha value is -1.74. The Morgan fingerprint density at radius 1 is 0.960 bits per heavy atom. The number of rotatable bonds is 6. The van der Waals surface area contributed by atoms with Gasteiger partial charge in [0.05, 0.1) is 10.0 Å². The van der Waals surface area contributed by atoms with Gasteiger partial charge in [-0.1, -0.05) is 59.6 Å². The summed E-state index contributed by atoms with van der Waals surface area (Å²) in [4.78, 5) is 0. The zero-order chi connectivity index (χ0) is 17.2. The summed E-state index contributed by atoms with van der Waals surface area (Å²) >= 11 is 12.1. The summed E-state index contributed by atoms with van der Waals surface area (Å²) in [5, 5.41) is 7.19. The minimum atomic E-state index is 0.464. The first-order valence-corrected chi connectivity index (χ1v) is 9.27. The first kappa shape index (κ1) is 16.7. The first-order chi connectivity index (χ1) is 12.2. The molecule has 3 aromatic carbocycles. The van der Waals surface area contributed by atoms with Crippen molar-refractivity contribution >= 4 is 34.0 Å².